The van der Waals surface area contributed by atoms with Crippen molar-refractivity contribution in [3.63, 3.8) is 0 Å². The SMILES string of the molecule is CCS(CC)(CC(=O)C(C)(C)C)OS(=O)(=O)C(F)(F)F. The summed E-state index contributed by atoms with van der Waals surface area (Å²) in [6.07, 6.45) is 0. The van der Waals surface area contributed by atoms with Crippen molar-refractivity contribution in [2.45, 2.75) is 40.1 Å². The molecule has 0 spiro atoms. The van der Waals surface area contributed by atoms with Crippen molar-refractivity contribution in [1.29, 1.82) is 0 Å². The number of halogens is 3. The van der Waals surface area contributed by atoms with Crippen LogP contribution in [-0.2, 0) is 18.5 Å². The van der Waals surface area contributed by atoms with Crippen LogP contribution in [0.2, 0.25) is 0 Å². The molecule has 0 aliphatic rings. The van der Waals surface area contributed by atoms with Gasteiger partial charge in [0.25, 0.3) is 0 Å². The fraction of sp³-hybridized carbons (Fsp3) is 0.909. The molecule has 9 heteroatoms. The average molecular weight is 338 g/mol. The molecule has 0 aliphatic carbocycles. The van der Waals surface area contributed by atoms with Gasteiger partial charge in [0, 0.05) is 5.41 Å². The van der Waals surface area contributed by atoms with Gasteiger partial charge in [0.2, 0.25) is 0 Å². The summed E-state index contributed by atoms with van der Waals surface area (Å²) in [7, 11) is -8.34. The molecule has 0 fully saturated rings. The summed E-state index contributed by atoms with van der Waals surface area (Å²) < 4.78 is 64.1. The second-order valence-electron chi connectivity index (χ2n) is 5.33. The molecule has 0 atom stereocenters. The smallest absolute Gasteiger partial charge is 0.298 e. The lowest BCUT2D eigenvalue weighted by atomic mass is 9.92. The van der Waals surface area contributed by atoms with Gasteiger partial charge in [-0.05, 0) is 11.5 Å². The molecule has 0 saturated heterocycles. The minimum Gasteiger partial charge on any atom is -0.298 e. The highest BCUT2D eigenvalue weighted by Gasteiger charge is 2.51. The Balaban J connectivity index is 5.40. The summed E-state index contributed by atoms with van der Waals surface area (Å²) in [5, 5.41) is 0. The van der Waals surface area contributed by atoms with Gasteiger partial charge in [-0.2, -0.15) is 21.6 Å². The predicted molar refractivity (Wildman–Crippen MR) is 74.1 cm³/mol. The van der Waals surface area contributed by atoms with Crippen molar-refractivity contribution in [2.24, 2.45) is 5.41 Å². The van der Waals surface area contributed by atoms with Crippen LogP contribution < -0.4 is 0 Å². The van der Waals surface area contributed by atoms with E-state index >= 15 is 0 Å². The first kappa shape index (κ1) is 19.7. The van der Waals surface area contributed by atoms with Crippen LogP contribution in [-0.4, -0.2) is 37.0 Å². The molecule has 0 aromatic carbocycles. The summed E-state index contributed by atoms with van der Waals surface area (Å²) >= 11 is 0. The maximum absolute atomic E-state index is 12.4. The van der Waals surface area contributed by atoms with E-state index in [0.29, 0.717) is 0 Å². The normalized spacial score (nSPS) is 15.2. The third-order valence-electron chi connectivity index (χ3n) is 2.80. The molecule has 122 valence electrons. The molecule has 20 heavy (non-hydrogen) atoms. The quantitative estimate of drug-likeness (QED) is 0.698. The van der Waals surface area contributed by atoms with E-state index in [-0.39, 0.29) is 23.0 Å². The van der Waals surface area contributed by atoms with Gasteiger partial charge in [-0.25, -0.2) is 3.63 Å². The summed E-state index contributed by atoms with van der Waals surface area (Å²) in [6, 6.07) is 0. The summed E-state index contributed by atoms with van der Waals surface area (Å²) in [5.74, 6) is -0.464. The summed E-state index contributed by atoms with van der Waals surface area (Å²) in [4.78, 5) is 12.0. The Kier molecular flexibility index (Phi) is 6.14. The molecule has 0 aromatic heterocycles. The van der Waals surface area contributed by atoms with Crippen molar-refractivity contribution < 1.29 is 30.0 Å². The number of rotatable bonds is 6. The molecule has 4 nitrogen and oxygen atoms in total. The van der Waals surface area contributed by atoms with Crippen LogP contribution in [0.25, 0.3) is 0 Å². The van der Waals surface area contributed by atoms with Gasteiger partial charge in [0.05, 0.1) is 5.75 Å². The summed E-state index contributed by atoms with van der Waals surface area (Å²) in [6.45, 7) is 7.94. The average Bonchev–Trinajstić information content (AvgIpc) is 2.24. The van der Waals surface area contributed by atoms with E-state index < -0.39 is 31.4 Å². The van der Waals surface area contributed by atoms with Gasteiger partial charge in [-0.1, -0.05) is 34.6 Å². The highest BCUT2D eigenvalue weighted by atomic mass is 32.3. The topological polar surface area (TPSA) is 60.4 Å². The number of alkyl halides is 3. The number of ketones is 1. The largest absolute Gasteiger partial charge is 0.523 e. The zero-order valence-electron chi connectivity index (χ0n) is 12.2. The van der Waals surface area contributed by atoms with Crippen molar-refractivity contribution in [1.82, 2.24) is 0 Å². The Bertz CT molecular complexity index is 445. The lowest BCUT2D eigenvalue weighted by Crippen LogP contribution is -2.33. The monoisotopic (exact) mass is 338 g/mol. The van der Waals surface area contributed by atoms with Crippen molar-refractivity contribution >= 4 is 26.2 Å². The molecule has 0 N–H and O–H groups in total. The lowest BCUT2D eigenvalue weighted by molar-refractivity contribution is -0.123. The molecular formula is C11H21F3O4S2. The van der Waals surface area contributed by atoms with Crippen LogP contribution in [0.3, 0.4) is 0 Å². The van der Waals surface area contributed by atoms with Crippen molar-refractivity contribution in [3.8, 4) is 0 Å². The maximum Gasteiger partial charge on any atom is 0.523 e. The fourth-order valence-corrected chi connectivity index (χ4v) is 5.73. The highest BCUT2D eigenvalue weighted by molar-refractivity contribution is 8.33. The number of carbonyl (C=O) groups excluding carboxylic acids is 1. The van der Waals surface area contributed by atoms with Gasteiger partial charge in [-0.15, -0.1) is 10.3 Å². The van der Waals surface area contributed by atoms with Crippen LogP contribution in [0, 0.1) is 5.41 Å². The molecule has 0 radical (unpaired) electrons. The van der Waals surface area contributed by atoms with E-state index in [1.807, 2.05) is 0 Å². The van der Waals surface area contributed by atoms with Crippen molar-refractivity contribution in [3.05, 3.63) is 0 Å². The Morgan fingerprint density at radius 3 is 1.70 bits per heavy atom. The Hall–Kier alpha value is -0.280. The zero-order valence-corrected chi connectivity index (χ0v) is 13.8. The molecule has 0 aliphatic heterocycles. The standard InChI is InChI=1S/C11H21F3O4S2/c1-6-19(7-2,8-9(15)10(3,4)5)18-20(16,17)11(12,13)14/h6-8H2,1-5H3. The molecule has 0 amide bonds. The molecule has 0 aromatic rings. The van der Waals surface area contributed by atoms with E-state index in [1.54, 1.807) is 20.8 Å². The molecule has 0 saturated carbocycles. The number of hydrogen-bond donors (Lipinski definition) is 0. The molecule has 0 unspecified atom stereocenters. The minimum atomic E-state index is -5.69. The Morgan fingerprint density at radius 2 is 1.45 bits per heavy atom. The first-order valence-corrected chi connectivity index (χ1v) is 9.50. The van der Waals surface area contributed by atoms with Crippen LogP contribution >= 0.6 is 10.3 Å². The van der Waals surface area contributed by atoms with E-state index in [0.717, 1.165) is 0 Å². The number of hydrogen-bond acceptors (Lipinski definition) is 4. The minimum absolute atomic E-state index is 0.0701. The van der Waals surface area contributed by atoms with Crippen molar-refractivity contribution in [2.75, 3.05) is 17.3 Å². The Labute approximate surface area is 119 Å². The first-order valence-electron chi connectivity index (χ1n) is 6.03. The third kappa shape index (κ3) is 4.92. The zero-order chi connectivity index (χ0) is 16.4. The lowest BCUT2D eigenvalue weighted by Gasteiger charge is -2.37. The third-order valence-corrected chi connectivity index (χ3v) is 8.13. The van der Waals surface area contributed by atoms with E-state index in [1.165, 1.54) is 13.8 Å². The van der Waals surface area contributed by atoms with Gasteiger partial charge in [0.15, 0.2) is 0 Å². The summed E-state index contributed by atoms with van der Waals surface area (Å²) in [5.41, 5.74) is -6.23. The predicted octanol–water partition coefficient (Wildman–Crippen LogP) is 3.23. The van der Waals surface area contributed by atoms with Crippen LogP contribution in [0.1, 0.15) is 34.6 Å². The van der Waals surface area contributed by atoms with Crippen LogP contribution in [0.15, 0.2) is 0 Å². The maximum atomic E-state index is 12.4. The van der Waals surface area contributed by atoms with Crippen LogP contribution in [0.4, 0.5) is 13.2 Å². The van der Waals surface area contributed by atoms with Gasteiger partial charge >= 0.3 is 15.6 Å². The van der Waals surface area contributed by atoms with E-state index in [2.05, 4.69) is 3.63 Å². The molecule has 0 bridgehead atoms. The second-order valence-corrected chi connectivity index (χ2v) is 10.6. The highest BCUT2D eigenvalue weighted by Crippen LogP contribution is 2.52. The van der Waals surface area contributed by atoms with Crippen LogP contribution in [0.5, 0.6) is 0 Å². The van der Waals surface area contributed by atoms with Gasteiger partial charge < -0.3 is 0 Å². The number of Topliss-reactive ketones (excluding diaryl/α,β-unsaturated/α-hetero) is 1. The first-order chi connectivity index (χ1) is 8.71. The van der Waals surface area contributed by atoms with E-state index in [9.17, 15) is 26.4 Å². The second kappa shape index (κ2) is 6.23. The molecule has 0 heterocycles. The number of carbonyl (C=O) groups is 1. The van der Waals surface area contributed by atoms with E-state index in [4.69, 9.17) is 0 Å². The molecule has 0 rings (SSSR count). The molecular weight excluding hydrogens is 317 g/mol. The van der Waals surface area contributed by atoms with Gasteiger partial charge in [-0.3, -0.25) is 4.79 Å². The fourth-order valence-electron chi connectivity index (χ4n) is 1.21. The van der Waals surface area contributed by atoms with Gasteiger partial charge in [0.1, 0.15) is 5.78 Å². The Morgan fingerprint density at radius 1 is 1.05 bits per heavy atom.